The van der Waals surface area contributed by atoms with E-state index in [9.17, 15) is 20.1 Å². The van der Waals surface area contributed by atoms with Crippen LogP contribution in [-0.2, 0) is 24.3 Å². The van der Waals surface area contributed by atoms with Gasteiger partial charge in [0.05, 0.1) is 35.9 Å². The van der Waals surface area contributed by atoms with Gasteiger partial charge in [0.15, 0.2) is 0 Å². The number of thiophene rings is 1. The van der Waals surface area contributed by atoms with Crippen molar-refractivity contribution >= 4 is 27.2 Å². The highest BCUT2D eigenvalue weighted by atomic mass is 32.1. The third kappa shape index (κ3) is 9.20. The molecule has 1 saturated carbocycles. The van der Waals surface area contributed by atoms with Crippen molar-refractivity contribution in [3.8, 4) is 0 Å². The lowest BCUT2D eigenvalue weighted by molar-refractivity contribution is -0.0923. The van der Waals surface area contributed by atoms with E-state index in [1.807, 2.05) is 78.9 Å². The number of allylic oxidation sites excluding steroid dienone is 2. The maximum absolute atomic E-state index is 14.6. The zero-order valence-corrected chi connectivity index (χ0v) is 33.0. The number of hydrogen-bond acceptors (Lipinski definition) is 7. The topological polar surface area (TPSA) is 90.2 Å². The molecule has 1 heterocycles. The SMILES string of the molecule is CC1=CCCC2(C)C(CCC2(O)CN(Cc2ccccc2)CC(O)COCc2ccccc2)c2ccc(cc2C(=O)c2cc3ccccc3s2)CC(O)CC1. The van der Waals surface area contributed by atoms with E-state index in [2.05, 4.69) is 55.2 Å². The summed E-state index contributed by atoms with van der Waals surface area (Å²) in [6.45, 7) is 6.27. The van der Waals surface area contributed by atoms with E-state index >= 15 is 0 Å². The molecular formula is C48H55NO5S. The van der Waals surface area contributed by atoms with Crippen LogP contribution in [0.15, 0.2) is 121 Å². The van der Waals surface area contributed by atoms with E-state index in [-0.39, 0.29) is 18.3 Å². The maximum atomic E-state index is 14.6. The van der Waals surface area contributed by atoms with Gasteiger partial charge in [-0.15, -0.1) is 11.3 Å². The summed E-state index contributed by atoms with van der Waals surface area (Å²) < 4.78 is 7.04. The van der Waals surface area contributed by atoms with Gasteiger partial charge in [-0.3, -0.25) is 9.69 Å². The molecule has 0 amide bonds. The van der Waals surface area contributed by atoms with Gasteiger partial charge in [0.1, 0.15) is 0 Å². The van der Waals surface area contributed by atoms with Gasteiger partial charge in [-0.25, -0.2) is 0 Å². The molecule has 8 rings (SSSR count). The van der Waals surface area contributed by atoms with Crippen molar-refractivity contribution in [2.24, 2.45) is 5.41 Å². The Bertz CT molecular complexity index is 2050. The van der Waals surface area contributed by atoms with E-state index in [1.165, 1.54) is 16.9 Å². The van der Waals surface area contributed by atoms with E-state index in [0.717, 1.165) is 58.0 Å². The van der Waals surface area contributed by atoms with Crippen LogP contribution in [0.4, 0.5) is 0 Å². The molecule has 0 saturated heterocycles. The van der Waals surface area contributed by atoms with E-state index in [4.69, 9.17) is 4.74 Å². The first-order valence-electron chi connectivity index (χ1n) is 19.9. The summed E-state index contributed by atoms with van der Waals surface area (Å²) >= 11 is 1.52. The maximum Gasteiger partial charge on any atom is 0.203 e. The number of carbonyl (C=O) groups excluding carboxylic acids is 1. The summed E-state index contributed by atoms with van der Waals surface area (Å²) in [5.74, 6) is -0.0864. The quantitative estimate of drug-likeness (QED) is 0.0869. The largest absolute Gasteiger partial charge is 0.393 e. The third-order valence-electron chi connectivity index (χ3n) is 12.2. The van der Waals surface area contributed by atoms with Crippen molar-refractivity contribution in [3.05, 3.63) is 154 Å². The fourth-order valence-corrected chi connectivity index (χ4v) is 10.1. The van der Waals surface area contributed by atoms with Crippen LogP contribution in [0.2, 0.25) is 0 Å². The summed E-state index contributed by atoms with van der Waals surface area (Å²) in [6.07, 6.45) is 5.78. The number of carbonyl (C=O) groups is 1. The van der Waals surface area contributed by atoms with E-state index < -0.39 is 23.2 Å². The molecule has 0 aliphatic heterocycles. The standard InChI is InChI=1S/C48H55NO5S/c1-34-12-11-24-47(2)43(41-22-20-37(26-39(50)21-19-34)27-42(41)46(52)45-28-38-17-9-10-18-44(38)55-45)23-25-48(47,53)33-49(29-35-13-5-3-6-14-35)30-40(51)32-54-31-36-15-7-4-8-16-36/h3-10,12-18,20,22,27-28,39-40,43,50-51,53H,11,19,21,23-26,29-33H2,1-2H3. The molecule has 6 nitrogen and oxygen atoms in total. The van der Waals surface area contributed by atoms with Crippen LogP contribution >= 0.6 is 11.3 Å². The normalized spacial score (nSPS) is 23.7. The minimum absolute atomic E-state index is 0.00232. The number of aliphatic hydroxyl groups excluding tert-OH is 2. The van der Waals surface area contributed by atoms with Crippen LogP contribution in [0.25, 0.3) is 10.1 Å². The van der Waals surface area contributed by atoms with Gasteiger partial charge in [0.2, 0.25) is 5.78 Å². The van der Waals surface area contributed by atoms with Gasteiger partial charge in [-0.2, -0.15) is 0 Å². The lowest BCUT2D eigenvalue weighted by atomic mass is 9.64. The van der Waals surface area contributed by atoms with E-state index in [0.29, 0.717) is 55.9 Å². The average Bonchev–Trinajstić information content (AvgIpc) is 3.72. The summed E-state index contributed by atoms with van der Waals surface area (Å²) in [7, 11) is 0. The molecule has 7 heteroatoms. The second-order valence-electron chi connectivity index (χ2n) is 16.2. The Kier molecular flexibility index (Phi) is 12.5. The Balaban J connectivity index is 1.22. The smallest absolute Gasteiger partial charge is 0.203 e. The molecule has 55 heavy (non-hydrogen) atoms. The molecular weight excluding hydrogens is 703 g/mol. The van der Waals surface area contributed by atoms with Crippen molar-refractivity contribution in [3.63, 3.8) is 0 Å². The first-order valence-corrected chi connectivity index (χ1v) is 20.7. The Hall–Kier alpha value is -3.95. The number of hydrogen-bond donors (Lipinski definition) is 3. The van der Waals surface area contributed by atoms with Crippen molar-refractivity contribution in [2.75, 3.05) is 19.7 Å². The summed E-state index contributed by atoms with van der Waals surface area (Å²) in [5.41, 5.74) is 4.32. The zero-order valence-electron chi connectivity index (χ0n) is 32.2. The molecule has 288 valence electrons. The Morgan fingerprint density at radius 3 is 2.42 bits per heavy atom. The molecule has 0 spiro atoms. The lowest BCUT2D eigenvalue weighted by Crippen LogP contribution is -2.53. The van der Waals surface area contributed by atoms with Gasteiger partial charge in [-0.1, -0.05) is 110 Å². The first-order chi connectivity index (χ1) is 26.6. The number of ketones is 1. The highest BCUT2D eigenvalue weighted by Gasteiger charge is 2.57. The predicted octanol–water partition coefficient (Wildman–Crippen LogP) is 9.25. The molecule has 0 radical (unpaired) electrons. The fourth-order valence-electron chi connectivity index (χ4n) is 9.06. The van der Waals surface area contributed by atoms with Crippen LogP contribution in [-0.4, -0.2) is 63.5 Å². The Morgan fingerprint density at radius 2 is 1.65 bits per heavy atom. The van der Waals surface area contributed by atoms with Gasteiger partial charge in [0, 0.05) is 35.3 Å². The monoisotopic (exact) mass is 757 g/mol. The molecule has 3 aliphatic carbocycles. The number of fused-ring (bicyclic) bond motifs is 9. The zero-order chi connectivity index (χ0) is 38.4. The van der Waals surface area contributed by atoms with Gasteiger partial charge in [-0.05, 0) is 104 Å². The molecule has 3 N–H and O–H groups in total. The molecule has 5 unspecified atom stereocenters. The van der Waals surface area contributed by atoms with Crippen molar-refractivity contribution < 1.29 is 24.9 Å². The van der Waals surface area contributed by atoms with Crippen molar-refractivity contribution in [2.45, 2.75) is 95.7 Å². The van der Waals surface area contributed by atoms with Crippen LogP contribution in [0.5, 0.6) is 0 Å². The highest BCUT2D eigenvalue weighted by Crippen LogP contribution is 2.59. The predicted molar refractivity (Wildman–Crippen MR) is 222 cm³/mol. The van der Waals surface area contributed by atoms with Gasteiger partial charge >= 0.3 is 0 Å². The average molecular weight is 758 g/mol. The molecule has 4 aromatic carbocycles. The van der Waals surface area contributed by atoms with Crippen molar-refractivity contribution in [1.29, 1.82) is 0 Å². The van der Waals surface area contributed by atoms with Crippen LogP contribution in [0.1, 0.15) is 95.8 Å². The van der Waals surface area contributed by atoms with Crippen LogP contribution in [0.3, 0.4) is 0 Å². The number of ether oxygens (including phenoxy) is 1. The van der Waals surface area contributed by atoms with Crippen LogP contribution in [0, 0.1) is 5.41 Å². The fraction of sp³-hybridized carbons (Fsp3) is 0.396. The molecule has 2 bridgehead atoms. The first kappa shape index (κ1) is 39.3. The number of aliphatic hydroxyl groups is 3. The number of benzene rings is 4. The lowest BCUT2D eigenvalue weighted by Gasteiger charge is -2.46. The highest BCUT2D eigenvalue weighted by molar-refractivity contribution is 7.21. The number of nitrogens with zero attached hydrogens (tertiary/aromatic N) is 1. The van der Waals surface area contributed by atoms with Crippen LogP contribution < -0.4 is 0 Å². The molecule has 5 atom stereocenters. The Morgan fingerprint density at radius 1 is 0.927 bits per heavy atom. The second-order valence-corrected chi connectivity index (χ2v) is 17.3. The van der Waals surface area contributed by atoms with Crippen molar-refractivity contribution in [1.82, 2.24) is 4.90 Å². The molecule has 1 fully saturated rings. The molecule has 1 aromatic heterocycles. The summed E-state index contributed by atoms with van der Waals surface area (Å²) in [6, 6.07) is 36.5. The number of rotatable bonds is 12. The Labute approximate surface area is 330 Å². The summed E-state index contributed by atoms with van der Waals surface area (Å²) in [4.78, 5) is 17.5. The van der Waals surface area contributed by atoms with E-state index in [1.54, 1.807) is 0 Å². The van der Waals surface area contributed by atoms with Gasteiger partial charge < -0.3 is 20.1 Å². The second kappa shape index (κ2) is 17.5. The minimum Gasteiger partial charge on any atom is -0.393 e. The summed E-state index contributed by atoms with van der Waals surface area (Å²) in [5, 5.41) is 36.6. The minimum atomic E-state index is -1.11. The third-order valence-corrected chi connectivity index (χ3v) is 13.3. The molecule has 3 aliphatic rings. The molecule has 5 aromatic rings. The van der Waals surface area contributed by atoms with Gasteiger partial charge in [0.25, 0.3) is 0 Å².